The fourth-order valence-corrected chi connectivity index (χ4v) is 15.3. The number of esters is 1. The molecule has 5 saturated heterocycles. The molecule has 8 fully saturated rings. The van der Waals surface area contributed by atoms with E-state index in [9.17, 15) is 9.59 Å². The van der Waals surface area contributed by atoms with Crippen molar-refractivity contribution in [2.45, 2.75) is 166 Å². The summed E-state index contributed by atoms with van der Waals surface area (Å²) in [7, 11) is 1.58. The molecular formula is C64H83F3N10O6. The van der Waals surface area contributed by atoms with E-state index in [2.05, 4.69) is 35.7 Å². The smallest absolute Gasteiger partial charge is 0.406 e. The molecule has 4 aromatic rings. The molecule has 2 aromatic carbocycles. The van der Waals surface area contributed by atoms with E-state index in [-0.39, 0.29) is 54.5 Å². The first-order chi connectivity index (χ1) is 39.9. The number of aromatic nitrogens is 2. The topological polar surface area (TPSA) is 167 Å². The van der Waals surface area contributed by atoms with Crippen LogP contribution in [0.2, 0.25) is 0 Å². The number of benzene rings is 2. The quantitative estimate of drug-likeness (QED) is 0.0933. The number of methoxy groups -OCH3 is 1. The van der Waals surface area contributed by atoms with Crippen molar-refractivity contribution >= 4 is 40.3 Å². The number of cyclic esters (lactones) is 1. The highest BCUT2D eigenvalue weighted by Crippen LogP contribution is 2.47. The Hall–Kier alpha value is -5.60. The van der Waals surface area contributed by atoms with Crippen molar-refractivity contribution in [3.63, 3.8) is 0 Å². The molecule has 9 aliphatic rings. The molecule has 7 atom stereocenters. The number of hydrazine groups is 1. The maximum Gasteiger partial charge on any atom is 0.406 e. The number of rotatable bonds is 12. The molecule has 2 aromatic heterocycles. The van der Waals surface area contributed by atoms with Crippen molar-refractivity contribution in [1.29, 1.82) is 0 Å². The molecule has 16 nitrogen and oxygen atoms in total. The maximum atomic E-state index is 15.3. The van der Waals surface area contributed by atoms with Gasteiger partial charge in [0.1, 0.15) is 24.7 Å². The van der Waals surface area contributed by atoms with E-state index in [1.807, 2.05) is 69.4 Å². The fourth-order valence-electron chi connectivity index (χ4n) is 15.3. The summed E-state index contributed by atoms with van der Waals surface area (Å²) < 4.78 is 59.3. The average Bonchev–Trinajstić information content (AvgIpc) is 3.82. The van der Waals surface area contributed by atoms with Crippen LogP contribution in [-0.2, 0) is 48.0 Å². The molecule has 3 N–H and O–H groups in total. The molecule has 0 radical (unpaired) electrons. The van der Waals surface area contributed by atoms with Crippen LogP contribution < -0.4 is 21.0 Å². The Balaban J connectivity index is 0.853. The third-order valence-electron chi connectivity index (χ3n) is 20.2. The second kappa shape index (κ2) is 22.4. The minimum atomic E-state index is -4.59. The summed E-state index contributed by atoms with van der Waals surface area (Å²) in [5.74, 6) is -0.0989. The van der Waals surface area contributed by atoms with Gasteiger partial charge in [0.25, 0.3) is 5.91 Å². The summed E-state index contributed by atoms with van der Waals surface area (Å²) in [4.78, 5) is 72.7. The monoisotopic (exact) mass is 1140 g/mol. The number of ether oxygens (including phenoxy) is 2. The van der Waals surface area contributed by atoms with Crippen LogP contribution in [0, 0.1) is 22.7 Å². The second-order valence-electron chi connectivity index (χ2n) is 27.0. The molecule has 1 spiro atoms. The van der Waals surface area contributed by atoms with Gasteiger partial charge < -0.3 is 29.2 Å². The van der Waals surface area contributed by atoms with Crippen molar-refractivity contribution in [2.24, 2.45) is 22.7 Å². The van der Waals surface area contributed by atoms with E-state index in [0.717, 1.165) is 100 Å². The van der Waals surface area contributed by atoms with Crippen LogP contribution in [0.3, 0.4) is 0 Å². The number of nitrogens with zero attached hydrogens (tertiary/aromatic N) is 7. The van der Waals surface area contributed by atoms with Crippen molar-refractivity contribution < 1.29 is 41.8 Å². The lowest BCUT2D eigenvalue weighted by molar-refractivity contribution is -0.155. The third kappa shape index (κ3) is 11.8. The van der Waals surface area contributed by atoms with Gasteiger partial charge in [-0.05, 0) is 136 Å². The highest BCUT2D eigenvalue weighted by molar-refractivity contribution is 5.96. The minimum absolute atomic E-state index is 0.0536. The summed E-state index contributed by atoms with van der Waals surface area (Å²) in [6, 6.07) is 14.1. The maximum absolute atomic E-state index is 15.3. The first-order valence-corrected chi connectivity index (χ1v) is 31.1. The number of hydrogen-bond donors (Lipinski definition) is 3. The fraction of sp³-hybridized carbons (Fsp3) is 0.641. The van der Waals surface area contributed by atoms with E-state index < -0.39 is 48.3 Å². The highest BCUT2D eigenvalue weighted by atomic mass is 19.4. The van der Waals surface area contributed by atoms with Crippen LogP contribution in [0.25, 0.3) is 33.3 Å². The van der Waals surface area contributed by atoms with E-state index in [4.69, 9.17) is 14.5 Å². The van der Waals surface area contributed by atoms with Crippen LogP contribution in [0.15, 0.2) is 54.7 Å². The Morgan fingerprint density at radius 1 is 0.892 bits per heavy atom. The lowest BCUT2D eigenvalue weighted by atomic mass is 9.84. The number of amides is 3. The zero-order chi connectivity index (χ0) is 57.5. The zero-order valence-corrected chi connectivity index (χ0v) is 48.8. The molecule has 3 aliphatic carbocycles. The van der Waals surface area contributed by atoms with Gasteiger partial charge >= 0.3 is 12.1 Å². The van der Waals surface area contributed by atoms with Gasteiger partial charge in [0.15, 0.2) is 0 Å². The van der Waals surface area contributed by atoms with Gasteiger partial charge in [-0.15, -0.1) is 0 Å². The number of anilines is 1. The number of nitrogens with one attached hydrogen (secondary N) is 3. The molecule has 6 aliphatic heterocycles. The van der Waals surface area contributed by atoms with E-state index in [1.54, 1.807) is 13.2 Å². The molecular weight excluding hydrogens is 1060 g/mol. The van der Waals surface area contributed by atoms with Crippen molar-refractivity contribution in [1.82, 2.24) is 45.3 Å². The molecule has 19 heteroatoms. The van der Waals surface area contributed by atoms with E-state index in [1.165, 1.54) is 35.3 Å². The Kier molecular flexibility index (Phi) is 15.2. The Morgan fingerprint density at radius 3 is 2.41 bits per heavy atom. The number of likely N-dealkylation sites (tertiary alicyclic amines) is 2. The largest absolute Gasteiger partial charge is 0.464 e. The third-order valence-corrected chi connectivity index (χ3v) is 20.2. The first-order valence-electron chi connectivity index (χ1n) is 31.1. The predicted molar refractivity (Wildman–Crippen MR) is 310 cm³/mol. The van der Waals surface area contributed by atoms with Gasteiger partial charge in [0.05, 0.1) is 42.0 Å². The number of fused-ring (bicyclic) bond motifs is 6. The number of pyridine rings is 1. The number of carbonyl (C=O) groups excluding carboxylic acids is 4. The van der Waals surface area contributed by atoms with Crippen molar-refractivity contribution in [3.8, 4) is 22.4 Å². The van der Waals surface area contributed by atoms with E-state index in [0.29, 0.717) is 83.9 Å². The molecule has 8 heterocycles. The summed E-state index contributed by atoms with van der Waals surface area (Å²) in [6.45, 7) is 11.0. The SMILES string of the molecule is CO[C@@H](C)c1ncc(N2CCN(C3CC3)CC2)cc1-c1c2c3cc(ccc3n1CC(F)(F)F)-c1cccc(c1)C[C@H](NC(=O)C(C1CCCC1)N1CC[C@]3(CCN(C(=O)[C@@H]4NC4C4CC4)C3)C1)C(=O)N1CCC[C@H](N1)C(=O)OCC(C)(C)C2. The van der Waals surface area contributed by atoms with Crippen LogP contribution in [0.1, 0.15) is 121 Å². The van der Waals surface area contributed by atoms with Crippen molar-refractivity contribution in [3.05, 3.63) is 71.5 Å². The summed E-state index contributed by atoms with van der Waals surface area (Å²) in [5.41, 5.74) is 8.11. The van der Waals surface area contributed by atoms with Gasteiger partial charge in [-0.1, -0.05) is 57.0 Å². The molecule has 83 heavy (non-hydrogen) atoms. The van der Waals surface area contributed by atoms with Crippen molar-refractivity contribution in [2.75, 3.05) is 77.5 Å². The molecule has 6 bridgehead atoms. The van der Waals surface area contributed by atoms with Gasteiger partial charge in [0.2, 0.25) is 11.8 Å². The minimum Gasteiger partial charge on any atom is -0.464 e. The predicted octanol–water partition coefficient (Wildman–Crippen LogP) is 7.81. The van der Waals surface area contributed by atoms with E-state index >= 15 is 22.8 Å². The summed E-state index contributed by atoms with van der Waals surface area (Å²) >= 11 is 0. The van der Waals surface area contributed by atoms with Gasteiger partial charge in [-0.3, -0.25) is 44.3 Å². The summed E-state index contributed by atoms with van der Waals surface area (Å²) in [6.07, 6.45) is 8.53. The normalized spacial score (nSPS) is 28.2. The second-order valence-corrected chi connectivity index (χ2v) is 27.0. The van der Waals surface area contributed by atoms with Crippen LogP contribution >= 0.6 is 0 Å². The Bertz CT molecular complexity index is 3130. The standard InChI is InChI=1S/C64H83F3N10O6/c1-39(82-4)53-48(32-46(34-68-53)73-27-25-72(26-28-73)45-17-18-45)57-49-33-62(2,3)38-83-61(81)50-13-8-22-77(71-50)59(79)51(30-40-9-7-12-43(29-40)44-16-19-52(47(49)31-44)76(57)37-64(65,66)67)69-58(78)56(42-10-5-6-11-42)74-23-20-63(35-74)21-24-75(36-63)60(80)55-54(70-55)41-14-15-41/h7,9,12,16,19,29,31-32,34,39,41-42,45,50-51,54-56,70-71H,5-6,8,10-11,13-15,17-18,20-28,30,33,35-38H2,1-4H3,(H,69,78)/t39-,50-,51-,54?,55+,56?,63-/m0/s1. The number of alkyl halides is 3. The number of carbonyl (C=O) groups is 4. The number of piperazine rings is 1. The number of halogens is 3. The number of hydrogen-bond acceptors (Lipinski definition) is 12. The van der Waals surface area contributed by atoms with Gasteiger partial charge in [-0.2, -0.15) is 13.2 Å². The lowest BCUT2D eigenvalue weighted by Crippen LogP contribution is -2.62. The first kappa shape index (κ1) is 56.5. The Morgan fingerprint density at radius 2 is 1.66 bits per heavy atom. The molecule has 13 rings (SSSR count). The summed E-state index contributed by atoms with van der Waals surface area (Å²) in [5, 5.41) is 8.91. The van der Waals surface area contributed by atoms with Crippen LogP contribution in [-0.4, -0.2) is 168 Å². The molecule has 446 valence electrons. The highest BCUT2D eigenvalue weighted by Gasteiger charge is 2.55. The van der Waals surface area contributed by atoms with Crippen LogP contribution in [0.4, 0.5) is 18.9 Å². The van der Waals surface area contributed by atoms with Crippen LogP contribution in [0.5, 0.6) is 0 Å². The molecule has 2 unspecified atom stereocenters. The Labute approximate surface area is 485 Å². The van der Waals surface area contributed by atoms with Gasteiger partial charge in [-0.25, -0.2) is 5.43 Å². The lowest BCUT2D eigenvalue weighted by Gasteiger charge is -2.37. The zero-order valence-electron chi connectivity index (χ0n) is 48.8. The molecule has 3 saturated carbocycles. The average molecular weight is 1150 g/mol. The molecule has 3 amide bonds. The van der Waals surface area contributed by atoms with Gasteiger partial charge in [0, 0.05) is 105 Å².